The largest absolute Gasteiger partial charge is 0.312 e. The molecule has 2 heterocycles. The van der Waals surface area contributed by atoms with Gasteiger partial charge in [0, 0.05) is 30.1 Å². The number of fused-ring (bicyclic) bond motifs is 1. The number of halogens is 2. The average Bonchev–Trinajstić information content (AvgIpc) is 2.76. The zero-order valence-electron chi connectivity index (χ0n) is 10.3. The Bertz CT molecular complexity index is 424. The Morgan fingerprint density at radius 3 is 3.06 bits per heavy atom. The van der Waals surface area contributed by atoms with E-state index in [-0.39, 0.29) is 0 Å². The molecule has 2 saturated heterocycles. The van der Waals surface area contributed by atoms with Crippen LogP contribution in [0.3, 0.4) is 0 Å². The molecule has 2 aliphatic heterocycles. The van der Waals surface area contributed by atoms with Crippen molar-refractivity contribution in [2.75, 3.05) is 19.6 Å². The third-order valence-electron chi connectivity index (χ3n) is 4.07. The lowest BCUT2D eigenvalue weighted by molar-refractivity contribution is 0.312. The first-order valence-electron chi connectivity index (χ1n) is 6.62. The maximum atomic E-state index is 6.14. The van der Waals surface area contributed by atoms with Crippen molar-refractivity contribution in [2.24, 2.45) is 5.92 Å². The van der Waals surface area contributed by atoms with Gasteiger partial charge in [-0.2, -0.15) is 0 Å². The normalized spacial score (nSPS) is 28.3. The van der Waals surface area contributed by atoms with Crippen LogP contribution in [-0.4, -0.2) is 30.6 Å². The van der Waals surface area contributed by atoms with Crippen LogP contribution in [0.1, 0.15) is 18.4 Å². The highest BCUT2D eigenvalue weighted by Crippen LogP contribution is 2.28. The molecule has 0 spiro atoms. The van der Waals surface area contributed by atoms with Crippen LogP contribution in [0.5, 0.6) is 0 Å². The van der Waals surface area contributed by atoms with Crippen LogP contribution in [0.4, 0.5) is 0 Å². The molecule has 2 aliphatic rings. The Labute approximate surface area is 122 Å². The van der Waals surface area contributed by atoms with E-state index in [0.29, 0.717) is 6.04 Å². The SMILES string of the molecule is Clc1cc(CN2C[C@@H]3CCCN[C@@H]3C2)ccc1Br. The van der Waals surface area contributed by atoms with Gasteiger partial charge in [-0.15, -0.1) is 0 Å². The van der Waals surface area contributed by atoms with Gasteiger partial charge in [0.25, 0.3) is 0 Å². The molecule has 0 radical (unpaired) electrons. The summed E-state index contributed by atoms with van der Waals surface area (Å²) in [5.41, 5.74) is 1.31. The van der Waals surface area contributed by atoms with Crippen molar-refractivity contribution < 1.29 is 0 Å². The van der Waals surface area contributed by atoms with E-state index in [9.17, 15) is 0 Å². The lowest BCUT2D eigenvalue weighted by atomic mass is 9.94. The lowest BCUT2D eigenvalue weighted by Crippen LogP contribution is -2.40. The Hall–Kier alpha value is -0.0900. The maximum Gasteiger partial charge on any atom is 0.0551 e. The summed E-state index contributed by atoms with van der Waals surface area (Å²) in [7, 11) is 0. The Morgan fingerprint density at radius 2 is 2.28 bits per heavy atom. The molecule has 0 amide bonds. The highest BCUT2D eigenvalue weighted by molar-refractivity contribution is 9.10. The smallest absolute Gasteiger partial charge is 0.0551 e. The van der Waals surface area contributed by atoms with Gasteiger partial charge >= 0.3 is 0 Å². The van der Waals surface area contributed by atoms with Gasteiger partial charge in [-0.25, -0.2) is 0 Å². The first kappa shape index (κ1) is 12.9. The minimum absolute atomic E-state index is 0.713. The molecule has 1 N–H and O–H groups in total. The van der Waals surface area contributed by atoms with Crippen LogP contribution in [0, 0.1) is 5.92 Å². The molecule has 0 aliphatic carbocycles. The summed E-state index contributed by atoms with van der Waals surface area (Å²) in [6.45, 7) is 4.62. The summed E-state index contributed by atoms with van der Waals surface area (Å²) in [4.78, 5) is 2.55. The number of nitrogens with zero attached hydrogens (tertiary/aromatic N) is 1. The zero-order valence-corrected chi connectivity index (χ0v) is 12.7. The maximum absolute atomic E-state index is 6.14. The van der Waals surface area contributed by atoms with Gasteiger partial charge in [0.15, 0.2) is 0 Å². The number of nitrogens with one attached hydrogen (secondary N) is 1. The van der Waals surface area contributed by atoms with Gasteiger partial charge < -0.3 is 5.32 Å². The summed E-state index contributed by atoms with van der Waals surface area (Å²) in [6.07, 6.45) is 2.72. The number of benzene rings is 1. The standard InChI is InChI=1S/C14H18BrClN2/c15-12-4-3-10(6-13(12)16)7-18-8-11-2-1-5-17-14(11)9-18/h3-4,6,11,14,17H,1-2,5,7-9H2/t11-,14+/m0/s1. The molecule has 4 heteroatoms. The van der Waals surface area contributed by atoms with Crippen molar-refractivity contribution in [3.63, 3.8) is 0 Å². The molecular weight excluding hydrogens is 312 g/mol. The van der Waals surface area contributed by atoms with E-state index in [1.807, 2.05) is 6.07 Å². The van der Waals surface area contributed by atoms with Gasteiger partial charge in [0.05, 0.1) is 5.02 Å². The number of likely N-dealkylation sites (tertiary alicyclic amines) is 1. The predicted octanol–water partition coefficient (Wildman–Crippen LogP) is 3.29. The van der Waals surface area contributed by atoms with Crippen molar-refractivity contribution in [2.45, 2.75) is 25.4 Å². The fourth-order valence-corrected chi connectivity index (χ4v) is 3.61. The van der Waals surface area contributed by atoms with E-state index >= 15 is 0 Å². The van der Waals surface area contributed by atoms with Crippen LogP contribution < -0.4 is 5.32 Å². The molecule has 0 aromatic heterocycles. The summed E-state index contributed by atoms with van der Waals surface area (Å²) in [5.74, 6) is 0.852. The topological polar surface area (TPSA) is 15.3 Å². The highest BCUT2D eigenvalue weighted by Gasteiger charge is 2.33. The molecule has 0 bridgehead atoms. The van der Waals surface area contributed by atoms with Crippen molar-refractivity contribution in [3.8, 4) is 0 Å². The van der Waals surface area contributed by atoms with Crippen LogP contribution in [0.25, 0.3) is 0 Å². The van der Waals surface area contributed by atoms with Crippen molar-refractivity contribution in [1.82, 2.24) is 10.2 Å². The van der Waals surface area contributed by atoms with E-state index in [4.69, 9.17) is 11.6 Å². The quantitative estimate of drug-likeness (QED) is 0.896. The number of rotatable bonds is 2. The minimum atomic E-state index is 0.713. The monoisotopic (exact) mass is 328 g/mol. The molecule has 2 nitrogen and oxygen atoms in total. The molecule has 1 aromatic carbocycles. The van der Waals surface area contributed by atoms with Gasteiger partial charge in [-0.3, -0.25) is 4.90 Å². The minimum Gasteiger partial charge on any atom is -0.312 e. The second-order valence-electron chi connectivity index (χ2n) is 5.41. The van der Waals surface area contributed by atoms with E-state index in [0.717, 1.165) is 22.0 Å². The van der Waals surface area contributed by atoms with Gasteiger partial charge in [0.1, 0.15) is 0 Å². The molecule has 98 valence electrons. The van der Waals surface area contributed by atoms with Crippen LogP contribution in [0.2, 0.25) is 5.02 Å². The molecule has 3 rings (SSSR count). The average molecular weight is 330 g/mol. The second-order valence-corrected chi connectivity index (χ2v) is 6.67. The molecule has 2 atom stereocenters. The summed E-state index contributed by atoms with van der Waals surface area (Å²) in [6, 6.07) is 6.98. The second kappa shape index (κ2) is 5.49. The fraction of sp³-hybridized carbons (Fsp3) is 0.571. The van der Waals surface area contributed by atoms with Gasteiger partial charge in [-0.1, -0.05) is 17.7 Å². The summed E-state index contributed by atoms with van der Waals surface area (Å²) >= 11 is 9.58. The summed E-state index contributed by atoms with van der Waals surface area (Å²) < 4.78 is 0.977. The molecular formula is C14H18BrClN2. The van der Waals surface area contributed by atoms with E-state index < -0.39 is 0 Å². The first-order valence-corrected chi connectivity index (χ1v) is 7.79. The van der Waals surface area contributed by atoms with E-state index in [1.54, 1.807) is 0 Å². The third-order valence-corrected chi connectivity index (χ3v) is 5.30. The van der Waals surface area contributed by atoms with Gasteiger partial charge in [-0.05, 0) is 58.9 Å². The number of hydrogen-bond donors (Lipinski definition) is 1. The molecule has 1 aromatic rings. The van der Waals surface area contributed by atoms with E-state index in [1.165, 1.54) is 38.0 Å². The lowest BCUT2D eigenvalue weighted by Gasteiger charge is -2.24. The zero-order chi connectivity index (χ0) is 12.5. The molecule has 2 fully saturated rings. The number of piperidine rings is 1. The molecule has 18 heavy (non-hydrogen) atoms. The van der Waals surface area contributed by atoms with Crippen LogP contribution in [0.15, 0.2) is 22.7 Å². The molecule has 0 unspecified atom stereocenters. The van der Waals surface area contributed by atoms with Crippen LogP contribution >= 0.6 is 27.5 Å². The third kappa shape index (κ3) is 2.74. The molecule has 0 saturated carbocycles. The first-order chi connectivity index (χ1) is 8.72. The predicted molar refractivity (Wildman–Crippen MR) is 78.9 cm³/mol. The number of hydrogen-bond acceptors (Lipinski definition) is 2. The Kier molecular flexibility index (Phi) is 3.94. The van der Waals surface area contributed by atoms with Crippen molar-refractivity contribution in [3.05, 3.63) is 33.3 Å². The highest BCUT2D eigenvalue weighted by atomic mass is 79.9. The Morgan fingerprint density at radius 1 is 1.39 bits per heavy atom. The fourth-order valence-electron chi connectivity index (χ4n) is 3.16. The van der Waals surface area contributed by atoms with Crippen molar-refractivity contribution >= 4 is 27.5 Å². The van der Waals surface area contributed by atoms with E-state index in [2.05, 4.69) is 38.3 Å². The van der Waals surface area contributed by atoms with Gasteiger partial charge in [0.2, 0.25) is 0 Å². The van der Waals surface area contributed by atoms with Crippen LogP contribution in [-0.2, 0) is 6.54 Å². The summed E-state index contributed by atoms with van der Waals surface area (Å²) in [5, 5.41) is 4.45. The Balaban J connectivity index is 1.64. The van der Waals surface area contributed by atoms with Crippen molar-refractivity contribution in [1.29, 1.82) is 0 Å².